The Kier molecular flexibility index (Phi) is 4.79. The molecule has 1 unspecified atom stereocenters. The number of hydrogen-bond acceptors (Lipinski definition) is 4. The first-order chi connectivity index (χ1) is 7.79. The first kappa shape index (κ1) is 12.5. The molecule has 2 heterocycles. The minimum absolute atomic E-state index is 0.0272. The van der Waals surface area contributed by atoms with Gasteiger partial charge in [-0.3, -0.25) is 0 Å². The van der Waals surface area contributed by atoms with E-state index >= 15 is 0 Å². The van der Waals surface area contributed by atoms with Gasteiger partial charge in [-0.1, -0.05) is 0 Å². The van der Waals surface area contributed by atoms with Crippen molar-refractivity contribution in [3.8, 4) is 0 Å². The molecule has 0 saturated carbocycles. The van der Waals surface area contributed by atoms with E-state index in [9.17, 15) is 0 Å². The Morgan fingerprint density at radius 3 is 2.81 bits per heavy atom. The Balaban J connectivity index is 1.94. The summed E-state index contributed by atoms with van der Waals surface area (Å²) >= 11 is 5.15. The van der Waals surface area contributed by atoms with Crippen LogP contribution in [-0.2, 0) is 9.47 Å². The summed E-state index contributed by atoms with van der Waals surface area (Å²) in [4.78, 5) is 1.20. The average molecular weight is 306 g/mol. The van der Waals surface area contributed by atoms with E-state index in [1.807, 2.05) is 6.07 Å². The summed E-state index contributed by atoms with van der Waals surface area (Å²) in [5.74, 6) is 0. The molecule has 1 aliphatic heterocycles. The van der Waals surface area contributed by atoms with Gasteiger partial charge in [0.1, 0.15) is 6.10 Å². The molecular weight excluding hydrogens is 290 g/mol. The Hall–Kier alpha value is 0.0600. The second-order valence-corrected chi connectivity index (χ2v) is 6.31. The molecule has 0 bridgehead atoms. The molecule has 0 aromatic carbocycles. The highest BCUT2D eigenvalue weighted by Crippen LogP contribution is 2.30. The molecule has 5 heteroatoms. The predicted molar refractivity (Wildman–Crippen MR) is 68.7 cm³/mol. The third-order valence-electron chi connectivity index (χ3n) is 2.65. The topological polar surface area (TPSA) is 44.5 Å². The predicted octanol–water partition coefficient (Wildman–Crippen LogP) is 2.71. The Labute approximate surface area is 108 Å². The van der Waals surface area contributed by atoms with Crippen LogP contribution in [0.2, 0.25) is 0 Å². The van der Waals surface area contributed by atoms with Crippen molar-refractivity contribution in [1.82, 2.24) is 0 Å². The van der Waals surface area contributed by atoms with Gasteiger partial charge >= 0.3 is 0 Å². The summed E-state index contributed by atoms with van der Waals surface area (Å²) in [6, 6.07) is 4.11. The van der Waals surface area contributed by atoms with E-state index in [4.69, 9.17) is 15.2 Å². The third-order valence-corrected chi connectivity index (χ3v) is 4.37. The number of halogens is 1. The lowest BCUT2D eigenvalue weighted by Crippen LogP contribution is -2.27. The molecule has 16 heavy (non-hydrogen) atoms. The Morgan fingerprint density at radius 1 is 1.50 bits per heavy atom. The fraction of sp³-hybridized carbons (Fsp3) is 0.636. The molecule has 1 atom stereocenters. The van der Waals surface area contributed by atoms with Crippen LogP contribution in [0, 0.1) is 0 Å². The van der Waals surface area contributed by atoms with Crippen LogP contribution in [0.15, 0.2) is 15.9 Å². The van der Waals surface area contributed by atoms with Gasteiger partial charge in [-0.25, -0.2) is 0 Å². The van der Waals surface area contributed by atoms with Gasteiger partial charge < -0.3 is 15.2 Å². The number of ether oxygens (including phenoxy) is 2. The van der Waals surface area contributed by atoms with Crippen LogP contribution in [0.5, 0.6) is 0 Å². The molecular formula is C11H16BrNO2S. The average Bonchev–Trinajstić information content (AvgIpc) is 2.74. The minimum atomic E-state index is 0.0272. The summed E-state index contributed by atoms with van der Waals surface area (Å²) in [5.41, 5.74) is 5.77. The SMILES string of the molecule is NCC(OC1CCOCC1)c1ccc(Br)s1. The summed E-state index contributed by atoms with van der Waals surface area (Å²) in [5, 5.41) is 0. The van der Waals surface area contributed by atoms with Crippen LogP contribution < -0.4 is 5.73 Å². The maximum Gasteiger partial charge on any atom is 0.104 e. The highest BCUT2D eigenvalue weighted by Gasteiger charge is 2.20. The van der Waals surface area contributed by atoms with Gasteiger partial charge in [-0.05, 0) is 40.9 Å². The van der Waals surface area contributed by atoms with Gasteiger partial charge in [0.05, 0.1) is 9.89 Å². The second-order valence-electron chi connectivity index (χ2n) is 3.81. The van der Waals surface area contributed by atoms with Crippen molar-refractivity contribution < 1.29 is 9.47 Å². The van der Waals surface area contributed by atoms with Crippen molar-refractivity contribution in [3.05, 3.63) is 20.8 Å². The van der Waals surface area contributed by atoms with Crippen molar-refractivity contribution in [2.75, 3.05) is 19.8 Å². The zero-order chi connectivity index (χ0) is 11.4. The van der Waals surface area contributed by atoms with Gasteiger partial charge in [0, 0.05) is 24.6 Å². The van der Waals surface area contributed by atoms with E-state index in [-0.39, 0.29) is 6.10 Å². The maximum atomic E-state index is 6.02. The number of nitrogens with two attached hydrogens (primary N) is 1. The highest BCUT2D eigenvalue weighted by atomic mass is 79.9. The van der Waals surface area contributed by atoms with Gasteiger partial charge in [0.25, 0.3) is 0 Å². The summed E-state index contributed by atoms with van der Waals surface area (Å²) in [6.07, 6.45) is 2.27. The first-order valence-corrected chi connectivity index (χ1v) is 7.09. The molecule has 0 aliphatic carbocycles. The highest BCUT2D eigenvalue weighted by molar-refractivity contribution is 9.11. The van der Waals surface area contributed by atoms with E-state index < -0.39 is 0 Å². The summed E-state index contributed by atoms with van der Waals surface area (Å²) in [6.45, 7) is 2.14. The van der Waals surface area contributed by atoms with Crippen molar-refractivity contribution in [1.29, 1.82) is 0 Å². The normalized spacial score (nSPS) is 19.9. The van der Waals surface area contributed by atoms with Crippen LogP contribution >= 0.6 is 27.3 Å². The molecule has 0 spiro atoms. The Morgan fingerprint density at radius 2 is 2.25 bits per heavy atom. The summed E-state index contributed by atoms with van der Waals surface area (Å²) in [7, 11) is 0. The molecule has 1 aliphatic rings. The third kappa shape index (κ3) is 3.28. The van der Waals surface area contributed by atoms with Gasteiger partial charge in [-0.15, -0.1) is 11.3 Å². The number of rotatable bonds is 4. The smallest absolute Gasteiger partial charge is 0.104 e. The van der Waals surface area contributed by atoms with Gasteiger partial charge in [0.15, 0.2) is 0 Å². The molecule has 90 valence electrons. The molecule has 0 amide bonds. The largest absolute Gasteiger partial charge is 0.381 e. The monoisotopic (exact) mass is 305 g/mol. The second kappa shape index (κ2) is 6.12. The first-order valence-electron chi connectivity index (χ1n) is 5.48. The van der Waals surface area contributed by atoms with Crippen molar-refractivity contribution in [2.24, 2.45) is 5.73 Å². The van der Waals surface area contributed by atoms with Gasteiger partial charge in [-0.2, -0.15) is 0 Å². The van der Waals surface area contributed by atoms with Crippen molar-refractivity contribution >= 4 is 27.3 Å². The fourth-order valence-corrected chi connectivity index (χ4v) is 3.26. The van der Waals surface area contributed by atoms with E-state index in [2.05, 4.69) is 22.0 Å². The molecule has 0 radical (unpaired) electrons. The van der Waals surface area contributed by atoms with Crippen molar-refractivity contribution in [3.63, 3.8) is 0 Å². The lowest BCUT2D eigenvalue weighted by Gasteiger charge is -2.26. The maximum absolute atomic E-state index is 6.02. The number of thiophene rings is 1. The molecule has 1 fully saturated rings. The van der Waals surface area contributed by atoms with E-state index in [0.29, 0.717) is 12.6 Å². The zero-order valence-electron chi connectivity index (χ0n) is 9.02. The zero-order valence-corrected chi connectivity index (χ0v) is 11.4. The lowest BCUT2D eigenvalue weighted by molar-refractivity contribution is -0.0654. The van der Waals surface area contributed by atoms with E-state index in [1.54, 1.807) is 11.3 Å². The fourth-order valence-electron chi connectivity index (χ4n) is 1.78. The van der Waals surface area contributed by atoms with Crippen molar-refractivity contribution in [2.45, 2.75) is 25.0 Å². The minimum Gasteiger partial charge on any atom is -0.381 e. The summed E-state index contributed by atoms with van der Waals surface area (Å²) < 4.78 is 12.5. The van der Waals surface area contributed by atoms with Gasteiger partial charge in [0.2, 0.25) is 0 Å². The standard InChI is InChI=1S/C11H16BrNO2S/c12-11-2-1-10(16-11)9(7-13)15-8-3-5-14-6-4-8/h1-2,8-9H,3-7,13H2. The Bertz CT molecular complexity index is 326. The molecule has 1 saturated heterocycles. The quantitative estimate of drug-likeness (QED) is 0.930. The molecule has 1 aromatic heterocycles. The van der Waals surface area contributed by atoms with Crippen LogP contribution in [0.25, 0.3) is 0 Å². The van der Waals surface area contributed by atoms with E-state index in [1.165, 1.54) is 4.88 Å². The van der Waals surface area contributed by atoms with E-state index in [0.717, 1.165) is 29.8 Å². The molecule has 2 rings (SSSR count). The molecule has 1 aromatic rings. The molecule has 3 nitrogen and oxygen atoms in total. The number of hydrogen-bond donors (Lipinski definition) is 1. The van der Waals surface area contributed by atoms with Crippen LogP contribution in [-0.4, -0.2) is 25.9 Å². The molecule has 2 N–H and O–H groups in total. The lowest BCUT2D eigenvalue weighted by atomic mass is 10.1. The van der Waals surface area contributed by atoms with Crippen LogP contribution in [0.3, 0.4) is 0 Å². The van der Waals surface area contributed by atoms with Crippen LogP contribution in [0.4, 0.5) is 0 Å². The van der Waals surface area contributed by atoms with Crippen LogP contribution in [0.1, 0.15) is 23.8 Å².